The van der Waals surface area contributed by atoms with Crippen molar-refractivity contribution in [1.82, 2.24) is 0 Å². The van der Waals surface area contributed by atoms with Crippen molar-refractivity contribution in [2.45, 2.75) is 19.8 Å². The fraction of sp³-hybridized carbons (Fsp3) is 0.194. The molecule has 0 aliphatic rings. The van der Waals surface area contributed by atoms with Gasteiger partial charge in [-0.15, -0.1) is 0 Å². The summed E-state index contributed by atoms with van der Waals surface area (Å²) in [5.41, 5.74) is 0.383. The van der Waals surface area contributed by atoms with Crippen LogP contribution in [0.25, 0.3) is 0 Å². The van der Waals surface area contributed by atoms with Gasteiger partial charge in [0.15, 0.2) is 82.6 Å². The molecule has 0 heterocycles. The van der Waals surface area contributed by atoms with Crippen molar-refractivity contribution >= 4 is 41.7 Å². The van der Waals surface area contributed by atoms with Crippen LogP contribution in [0.15, 0.2) is 24.3 Å². The lowest BCUT2D eigenvalue weighted by molar-refractivity contribution is -0.525. The Bertz CT molecular complexity index is 1750. The Morgan fingerprint density at radius 1 is 0.520 bits per heavy atom. The third-order valence-electron chi connectivity index (χ3n) is 7.38. The van der Waals surface area contributed by atoms with Crippen LogP contribution in [0.3, 0.4) is 0 Å². The fourth-order valence-corrected chi connectivity index (χ4v) is 9.23. The molecular formula is C31H18ClF15NOSi+. The quantitative estimate of drug-likeness (QED) is 0.0296. The molecule has 0 saturated heterocycles. The summed E-state index contributed by atoms with van der Waals surface area (Å²) in [5.74, 6) is -46.1. The Morgan fingerprint density at radius 2 is 0.840 bits per heavy atom. The molecule has 0 aromatic heterocycles. The van der Waals surface area contributed by atoms with Gasteiger partial charge in [0.05, 0.1) is 22.2 Å². The smallest absolute Gasteiger partial charge is 0.306 e. The zero-order valence-electron chi connectivity index (χ0n) is 24.8. The lowest BCUT2D eigenvalue weighted by Crippen LogP contribution is -2.75. The lowest BCUT2D eigenvalue weighted by Gasteiger charge is -2.34. The molecule has 0 spiro atoms. The molecule has 0 bridgehead atoms. The van der Waals surface area contributed by atoms with Crippen molar-refractivity contribution < 1.29 is 74.9 Å². The number of hydrogen-bond acceptors (Lipinski definition) is 1. The minimum absolute atomic E-state index is 0.0324. The standard InChI is InChI=1S/C31H18ClF15NOSi/c1-2-3-8-48(11-12-4-6-13(32)7-5-12)9-10-49-50(29-23(42)17(36)14(33)18(37)24(29)43,30-25(44)19(38)15(34)20(39)26(30)45)31-27(46)21(40)16(35)22(41)28(31)47/h4-7,11H,2-3,8-10H2,1H3/q+1. The first-order valence-corrected chi connectivity index (χ1v) is 16.3. The average Bonchev–Trinajstić information content (AvgIpc) is 3.09. The zero-order chi connectivity index (χ0) is 37.4. The summed E-state index contributed by atoms with van der Waals surface area (Å²) in [6.45, 7) is -0.356. The molecular weight excluding hydrogens is 751 g/mol. The maximum Gasteiger partial charge on any atom is 0.306 e. The molecule has 0 unspecified atom stereocenters. The number of benzene rings is 4. The molecule has 0 saturated carbocycles. The van der Waals surface area contributed by atoms with Gasteiger partial charge in [-0.25, -0.2) is 70.4 Å². The van der Waals surface area contributed by atoms with E-state index in [1.54, 1.807) is 6.92 Å². The Morgan fingerprint density at radius 3 is 1.16 bits per heavy atom. The van der Waals surface area contributed by atoms with Crippen LogP contribution in [0.2, 0.25) is 5.02 Å². The highest BCUT2D eigenvalue weighted by Gasteiger charge is 2.58. The molecule has 0 amide bonds. The molecule has 0 N–H and O–H groups in total. The normalized spacial score (nSPS) is 12.3. The van der Waals surface area contributed by atoms with Crippen LogP contribution < -0.4 is 15.6 Å². The Labute approximate surface area is 278 Å². The van der Waals surface area contributed by atoms with E-state index < -0.39 is 124 Å². The highest BCUT2D eigenvalue weighted by Crippen LogP contribution is 2.28. The molecule has 4 rings (SSSR count). The van der Waals surface area contributed by atoms with Crippen LogP contribution in [0.1, 0.15) is 25.3 Å². The topological polar surface area (TPSA) is 12.2 Å². The van der Waals surface area contributed by atoms with Crippen LogP contribution in [0.4, 0.5) is 65.9 Å². The van der Waals surface area contributed by atoms with Gasteiger partial charge >= 0.3 is 8.32 Å². The largest absolute Gasteiger partial charge is 0.397 e. The first-order valence-electron chi connectivity index (χ1n) is 14.0. The number of nitrogens with zero attached hydrogens (tertiary/aromatic N) is 1. The van der Waals surface area contributed by atoms with E-state index in [2.05, 4.69) is 0 Å². The number of rotatable bonds is 11. The molecule has 268 valence electrons. The Balaban J connectivity index is 2.19. The summed E-state index contributed by atoms with van der Waals surface area (Å²) in [4.78, 5) is 0. The van der Waals surface area contributed by atoms with Crippen molar-refractivity contribution in [2.75, 3.05) is 19.7 Å². The summed E-state index contributed by atoms with van der Waals surface area (Å²) >= 11 is 5.86. The van der Waals surface area contributed by atoms with E-state index in [4.69, 9.17) is 16.0 Å². The van der Waals surface area contributed by atoms with Crippen molar-refractivity contribution in [2.24, 2.45) is 0 Å². The first kappa shape index (κ1) is 38.8. The second-order valence-corrected chi connectivity index (χ2v) is 14.0. The van der Waals surface area contributed by atoms with Gasteiger partial charge in [0.2, 0.25) is 17.5 Å². The van der Waals surface area contributed by atoms with Crippen molar-refractivity contribution in [3.8, 4) is 0 Å². The summed E-state index contributed by atoms with van der Waals surface area (Å²) in [5, 5.41) is -7.96. The number of halogens is 16. The summed E-state index contributed by atoms with van der Waals surface area (Å²) in [6, 6.07) is 5.77. The average molecular weight is 769 g/mol. The van der Waals surface area contributed by atoms with E-state index in [1.165, 1.54) is 35.1 Å². The van der Waals surface area contributed by atoms with E-state index in [1.807, 2.05) is 0 Å². The lowest BCUT2D eigenvalue weighted by atomic mass is 10.2. The Kier molecular flexibility index (Phi) is 11.7. The van der Waals surface area contributed by atoms with Crippen molar-refractivity contribution in [1.29, 1.82) is 0 Å². The molecule has 19 heteroatoms. The number of hydrogen-bond donors (Lipinski definition) is 0. The van der Waals surface area contributed by atoms with Gasteiger partial charge in [-0.3, -0.25) is 0 Å². The Hall–Kier alpha value is -4.03. The molecule has 0 aliphatic heterocycles. The van der Waals surface area contributed by atoms with E-state index in [0.29, 0.717) is 18.4 Å². The van der Waals surface area contributed by atoms with Crippen LogP contribution >= 0.6 is 11.6 Å². The van der Waals surface area contributed by atoms with E-state index >= 15 is 26.3 Å². The predicted molar refractivity (Wildman–Crippen MR) is 151 cm³/mol. The van der Waals surface area contributed by atoms with Gasteiger partial charge in [0.1, 0.15) is 6.54 Å². The minimum atomic E-state index is -7.39. The molecule has 0 radical (unpaired) electrons. The van der Waals surface area contributed by atoms with Crippen LogP contribution in [-0.2, 0) is 4.43 Å². The summed E-state index contributed by atoms with van der Waals surface area (Å²) in [7, 11) is -7.39. The minimum Gasteiger partial charge on any atom is -0.397 e. The van der Waals surface area contributed by atoms with Gasteiger partial charge < -0.3 is 4.43 Å². The van der Waals surface area contributed by atoms with Gasteiger partial charge in [-0.05, 0) is 24.3 Å². The molecule has 2 nitrogen and oxygen atoms in total. The first-order chi connectivity index (χ1) is 23.4. The maximum absolute atomic E-state index is 15.6. The molecule has 4 aromatic carbocycles. The molecule has 0 aliphatic carbocycles. The third kappa shape index (κ3) is 6.59. The molecule has 4 aromatic rings. The molecule has 0 atom stereocenters. The van der Waals surface area contributed by atoms with Gasteiger partial charge in [-0.1, -0.05) is 24.9 Å². The third-order valence-corrected chi connectivity index (χ3v) is 11.7. The van der Waals surface area contributed by atoms with Gasteiger partial charge in [0.25, 0.3) is 0 Å². The predicted octanol–water partition coefficient (Wildman–Crippen LogP) is 7.34. The second kappa shape index (κ2) is 15.1. The molecule has 0 fully saturated rings. The van der Waals surface area contributed by atoms with Crippen molar-refractivity contribution in [3.05, 3.63) is 122 Å². The van der Waals surface area contributed by atoms with Crippen molar-refractivity contribution in [3.63, 3.8) is 0 Å². The highest BCUT2D eigenvalue weighted by atomic mass is 35.5. The second-order valence-electron chi connectivity index (χ2n) is 10.4. The summed E-state index contributed by atoms with van der Waals surface area (Å²) < 4.78 is 231. The van der Waals surface area contributed by atoms with Crippen LogP contribution in [0, 0.1) is 87.3 Å². The number of unbranched alkanes of at least 4 members (excludes halogenated alkanes) is 1. The maximum atomic E-state index is 15.6. The summed E-state index contributed by atoms with van der Waals surface area (Å²) in [6.07, 6.45) is 2.18. The zero-order valence-corrected chi connectivity index (χ0v) is 26.6. The van der Waals surface area contributed by atoms with E-state index in [9.17, 15) is 39.5 Å². The fourth-order valence-electron chi connectivity index (χ4n) is 5.01. The monoisotopic (exact) mass is 768 g/mol. The van der Waals surface area contributed by atoms with Crippen LogP contribution in [-0.4, -0.2) is 38.8 Å². The van der Waals surface area contributed by atoms with Gasteiger partial charge in [-0.2, -0.15) is 0 Å². The van der Waals surface area contributed by atoms with E-state index in [-0.39, 0.29) is 11.6 Å². The van der Waals surface area contributed by atoms with Crippen LogP contribution in [0.5, 0.6) is 0 Å². The van der Waals surface area contributed by atoms with Gasteiger partial charge in [0, 0.05) is 17.0 Å². The highest BCUT2D eigenvalue weighted by molar-refractivity contribution is 7.07. The SMILES string of the molecule is CCCC[N+](=Cc1ccc(Cl)cc1)CCO[Si](c1c(F)c(F)c(F)c(F)c1F)(c1c(F)c(F)c(F)c(F)c1F)c1c(F)c(F)c(F)c(F)c1F. The van der Waals surface area contributed by atoms with E-state index in [0.717, 1.165) is 0 Å². The molecule has 50 heavy (non-hydrogen) atoms.